The molecule has 1 aliphatic rings. The summed E-state index contributed by atoms with van der Waals surface area (Å²) in [5.41, 5.74) is 2.02. The van der Waals surface area contributed by atoms with Crippen LogP contribution in [0.4, 0.5) is 0 Å². The summed E-state index contributed by atoms with van der Waals surface area (Å²) in [6, 6.07) is 5.54. The summed E-state index contributed by atoms with van der Waals surface area (Å²) in [6.07, 6.45) is 4.12. The van der Waals surface area contributed by atoms with Crippen LogP contribution in [0.25, 0.3) is 10.9 Å². The minimum Gasteiger partial charge on any atom is -0.485 e. The number of ether oxygens (including phenoxy) is 1. The van der Waals surface area contributed by atoms with Crippen molar-refractivity contribution in [3.05, 3.63) is 45.6 Å². The third-order valence-corrected chi connectivity index (χ3v) is 5.77. The lowest BCUT2D eigenvalue weighted by Gasteiger charge is -2.42. The average molecular weight is 423 g/mol. The van der Waals surface area contributed by atoms with Gasteiger partial charge >= 0.3 is 0 Å². The van der Waals surface area contributed by atoms with E-state index in [2.05, 4.69) is 23.3 Å². The van der Waals surface area contributed by atoms with Gasteiger partial charge in [-0.15, -0.1) is 0 Å². The van der Waals surface area contributed by atoms with Crippen LogP contribution in [-0.4, -0.2) is 28.3 Å². The molecule has 152 valence electrons. The van der Waals surface area contributed by atoms with Gasteiger partial charge in [0.1, 0.15) is 22.6 Å². The molecule has 3 rings (SSSR count). The lowest BCUT2D eigenvalue weighted by Crippen LogP contribution is -2.52. The van der Waals surface area contributed by atoms with Crippen molar-refractivity contribution >= 4 is 34.1 Å². The lowest BCUT2D eigenvalue weighted by molar-refractivity contribution is -0.0642. The number of hydrogen-bond acceptors (Lipinski definition) is 4. The molecule has 0 aliphatic carbocycles. The Morgan fingerprint density at radius 1 is 1.36 bits per heavy atom. The molecule has 2 heterocycles. The van der Waals surface area contributed by atoms with Crippen molar-refractivity contribution < 1.29 is 9.84 Å². The SMILES string of the molecule is CCC/C=C(\Cl)CCNC1c2cc3nc(Cl)cc(C)c3cc2OC(C)(C)C1O. The van der Waals surface area contributed by atoms with Gasteiger partial charge < -0.3 is 15.2 Å². The van der Waals surface area contributed by atoms with Crippen LogP contribution in [0.15, 0.2) is 29.3 Å². The Labute approximate surface area is 176 Å². The molecule has 0 radical (unpaired) electrons. The smallest absolute Gasteiger partial charge is 0.131 e. The van der Waals surface area contributed by atoms with E-state index >= 15 is 0 Å². The highest BCUT2D eigenvalue weighted by Crippen LogP contribution is 2.42. The van der Waals surface area contributed by atoms with Crippen molar-refractivity contribution in [2.24, 2.45) is 0 Å². The number of aliphatic hydroxyl groups excluding tert-OH is 1. The third kappa shape index (κ3) is 4.46. The predicted octanol–water partition coefficient (Wildman–Crippen LogP) is 5.67. The molecular formula is C22H28Cl2N2O2. The van der Waals surface area contributed by atoms with Crippen molar-refractivity contribution in [2.45, 2.75) is 64.7 Å². The number of rotatable bonds is 6. The maximum absolute atomic E-state index is 10.9. The quantitative estimate of drug-likeness (QED) is 0.588. The van der Waals surface area contributed by atoms with Crippen molar-refractivity contribution in [3.8, 4) is 5.75 Å². The first-order valence-corrected chi connectivity index (χ1v) is 10.5. The van der Waals surface area contributed by atoms with Crippen LogP contribution < -0.4 is 10.1 Å². The van der Waals surface area contributed by atoms with E-state index in [-0.39, 0.29) is 6.04 Å². The Morgan fingerprint density at radius 3 is 2.82 bits per heavy atom. The summed E-state index contributed by atoms with van der Waals surface area (Å²) in [7, 11) is 0. The van der Waals surface area contributed by atoms with Gasteiger partial charge in [-0.25, -0.2) is 4.98 Å². The first-order chi connectivity index (χ1) is 13.2. The fourth-order valence-electron chi connectivity index (χ4n) is 3.61. The predicted molar refractivity (Wildman–Crippen MR) is 116 cm³/mol. The highest BCUT2D eigenvalue weighted by atomic mass is 35.5. The molecule has 4 nitrogen and oxygen atoms in total. The molecule has 1 aliphatic heterocycles. The van der Waals surface area contributed by atoms with E-state index in [4.69, 9.17) is 27.9 Å². The number of nitrogens with zero attached hydrogens (tertiary/aromatic N) is 1. The van der Waals surface area contributed by atoms with Gasteiger partial charge in [0.05, 0.1) is 11.6 Å². The van der Waals surface area contributed by atoms with Gasteiger partial charge in [0.15, 0.2) is 0 Å². The number of allylic oxidation sites excluding steroid dienone is 1. The number of halogens is 2. The van der Waals surface area contributed by atoms with Crippen LogP contribution in [0, 0.1) is 6.92 Å². The zero-order valence-corrected chi connectivity index (χ0v) is 18.4. The summed E-state index contributed by atoms with van der Waals surface area (Å²) < 4.78 is 6.15. The van der Waals surface area contributed by atoms with Gasteiger partial charge in [-0.3, -0.25) is 0 Å². The highest BCUT2D eigenvalue weighted by Gasteiger charge is 2.42. The van der Waals surface area contributed by atoms with Crippen molar-refractivity contribution in [2.75, 3.05) is 6.54 Å². The second-order valence-electron chi connectivity index (χ2n) is 7.94. The number of benzene rings is 1. The molecule has 2 N–H and O–H groups in total. The van der Waals surface area contributed by atoms with Crippen molar-refractivity contribution in [1.82, 2.24) is 10.3 Å². The number of nitrogens with one attached hydrogen (secondary N) is 1. The average Bonchev–Trinajstić information content (AvgIpc) is 2.62. The first-order valence-electron chi connectivity index (χ1n) is 9.78. The molecule has 0 fully saturated rings. The summed E-state index contributed by atoms with van der Waals surface area (Å²) in [5, 5.41) is 16.7. The molecule has 2 unspecified atom stereocenters. The molecule has 0 saturated heterocycles. The molecule has 6 heteroatoms. The van der Waals surface area contributed by atoms with Crippen LogP contribution in [0.5, 0.6) is 5.75 Å². The van der Waals surface area contributed by atoms with E-state index in [1.165, 1.54) is 0 Å². The van der Waals surface area contributed by atoms with E-state index in [1.54, 1.807) is 0 Å². The number of hydrogen-bond donors (Lipinski definition) is 2. The summed E-state index contributed by atoms with van der Waals surface area (Å²) >= 11 is 12.4. The van der Waals surface area contributed by atoms with Gasteiger partial charge in [0.2, 0.25) is 0 Å². The van der Waals surface area contributed by atoms with Crippen LogP contribution in [-0.2, 0) is 0 Å². The van der Waals surface area contributed by atoms with E-state index in [1.807, 2.05) is 39.0 Å². The molecule has 2 atom stereocenters. The zero-order valence-electron chi connectivity index (χ0n) is 16.9. The number of pyridine rings is 1. The Hall–Kier alpha value is -1.33. The number of aliphatic hydroxyl groups is 1. The maximum atomic E-state index is 10.9. The first kappa shape index (κ1) is 21.4. The van der Waals surface area contributed by atoms with Crippen molar-refractivity contribution in [3.63, 3.8) is 0 Å². The van der Waals surface area contributed by atoms with Crippen LogP contribution in [0.2, 0.25) is 5.15 Å². The fourth-order valence-corrected chi connectivity index (χ4v) is 4.07. The standard InChI is InChI=1S/C22H28Cl2N2O2/c1-5-6-7-14(23)8-9-25-20-16-11-17-15(13(2)10-19(24)26-17)12-18(16)28-22(3,4)21(20)27/h7,10-12,20-21,25,27H,5-6,8-9H2,1-4H3/b14-7-. The van der Waals surface area contributed by atoms with E-state index in [0.717, 1.165) is 52.1 Å². The number of aromatic nitrogens is 1. The molecule has 28 heavy (non-hydrogen) atoms. The largest absolute Gasteiger partial charge is 0.485 e. The number of unbranched alkanes of at least 4 members (excludes halogenated alkanes) is 1. The monoisotopic (exact) mass is 422 g/mol. The minimum absolute atomic E-state index is 0.278. The van der Waals surface area contributed by atoms with E-state index < -0.39 is 11.7 Å². The Balaban J connectivity index is 1.93. The zero-order chi connectivity index (χ0) is 20.5. The van der Waals surface area contributed by atoms with E-state index in [0.29, 0.717) is 11.7 Å². The van der Waals surface area contributed by atoms with Gasteiger partial charge in [0.25, 0.3) is 0 Å². The molecule has 0 amide bonds. The Morgan fingerprint density at radius 2 is 2.11 bits per heavy atom. The maximum Gasteiger partial charge on any atom is 0.131 e. The summed E-state index contributed by atoms with van der Waals surface area (Å²) in [5.74, 6) is 0.764. The minimum atomic E-state index is -0.714. The van der Waals surface area contributed by atoms with Gasteiger partial charge in [-0.05, 0) is 57.4 Å². The van der Waals surface area contributed by atoms with Gasteiger partial charge in [0, 0.05) is 22.5 Å². The number of fused-ring (bicyclic) bond motifs is 2. The topological polar surface area (TPSA) is 54.4 Å². The van der Waals surface area contributed by atoms with Crippen LogP contribution in [0.3, 0.4) is 0 Å². The van der Waals surface area contributed by atoms with Crippen LogP contribution in [0.1, 0.15) is 57.2 Å². The highest BCUT2D eigenvalue weighted by molar-refractivity contribution is 6.30. The lowest BCUT2D eigenvalue weighted by atomic mass is 9.85. The molecule has 1 aromatic heterocycles. The molecule has 2 aromatic rings. The second kappa shape index (κ2) is 8.58. The summed E-state index contributed by atoms with van der Waals surface area (Å²) in [6.45, 7) is 8.60. The normalized spacial score (nSPS) is 21.5. The van der Waals surface area contributed by atoms with Crippen molar-refractivity contribution in [1.29, 1.82) is 0 Å². The van der Waals surface area contributed by atoms with Crippen LogP contribution >= 0.6 is 23.2 Å². The Kier molecular flexibility index (Phi) is 6.55. The third-order valence-electron chi connectivity index (χ3n) is 5.23. The summed E-state index contributed by atoms with van der Waals surface area (Å²) in [4.78, 5) is 4.45. The van der Waals surface area contributed by atoms with Gasteiger partial charge in [-0.2, -0.15) is 0 Å². The fraction of sp³-hybridized carbons (Fsp3) is 0.500. The molecule has 0 spiro atoms. The van der Waals surface area contributed by atoms with E-state index in [9.17, 15) is 5.11 Å². The molecular weight excluding hydrogens is 395 g/mol. The molecule has 0 saturated carbocycles. The molecule has 0 bridgehead atoms. The molecule has 1 aromatic carbocycles. The second-order valence-corrected chi connectivity index (χ2v) is 8.81. The Bertz CT molecular complexity index is 896. The van der Waals surface area contributed by atoms with Gasteiger partial charge in [-0.1, -0.05) is 42.6 Å². The number of aryl methyl sites for hydroxylation is 1.